The Morgan fingerprint density at radius 3 is 1.59 bits per heavy atom. The standard InChI is InChI=1S/C56H40/c1-2-13-37(14-3-1)42-18-7-6-17-41(42)35-36-25-27-40(28-26-36)45-22-12-24-50-55(45)48-21-10-11-23-49(48)56(50)51-33-29-38-15-4-8-19-43(38)53(51)46-31-32-47(46)54-44-20-9-5-16-39(44)30-34-52(54)56/h1-30,33-34,46-47H,31-32,35H2. The van der Waals surface area contributed by atoms with Crippen molar-refractivity contribution in [3.8, 4) is 33.4 Å². The van der Waals surface area contributed by atoms with Gasteiger partial charge in [0.05, 0.1) is 5.41 Å². The highest BCUT2D eigenvalue weighted by atomic mass is 14.6. The van der Waals surface area contributed by atoms with Crippen LogP contribution in [-0.4, -0.2) is 0 Å². The van der Waals surface area contributed by atoms with Gasteiger partial charge in [0, 0.05) is 0 Å². The van der Waals surface area contributed by atoms with Crippen molar-refractivity contribution in [3.05, 3.63) is 239 Å². The van der Waals surface area contributed by atoms with Gasteiger partial charge in [0.2, 0.25) is 0 Å². The van der Waals surface area contributed by atoms with Gasteiger partial charge in [0.25, 0.3) is 0 Å². The Kier molecular flexibility index (Phi) is 6.96. The predicted octanol–water partition coefficient (Wildman–Crippen LogP) is 14.3. The van der Waals surface area contributed by atoms with Crippen molar-refractivity contribution >= 4 is 21.5 Å². The van der Waals surface area contributed by atoms with Crippen molar-refractivity contribution in [2.24, 2.45) is 0 Å². The molecule has 0 heteroatoms. The van der Waals surface area contributed by atoms with Crippen LogP contribution in [0.5, 0.6) is 0 Å². The zero-order valence-electron chi connectivity index (χ0n) is 31.3. The zero-order valence-corrected chi connectivity index (χ0v) is 31.3. The summed E-state index contributed by atoms with van der Waals surface area (Å²) in [6.07, 6.45) is 3.34. The molecule has 0 aromatic heterocycles. The fraction of sp³-hybridized carbons (Fsp3) is 0.107. The van der Waals surface area contributed by atoms with Crippen molar-refractivity contribution in [1.29, 1.82) is 0 Å². The minimum atomic E-state index is -0.445. The Morgan fingerprint density at radius 2 is 0.911 bits per heavy atom. The van der Waals surface area contributed by atoms with E-state index < -0.39 is 5.41 Å². The SMILES string of the molecule is c1ccc(-c2ccccc2Cc2ccc(-c3cccc4c3-c3ccccc3C43c4ccc5ccccc5c4C4CCC4c4c3ccc3ccccc43)cc2)cc1. The van der Waals surface area contributed by atoms with Crippen LogP contribution in [0.25, 0.3) is 54.9 Å². The number of fused-ring (bicyclic) bond motifs is 16. The summed E-state index contributed by atoms with van der Waals surface area (Å²) in [6, 6.07) is 73.6. The van der Waals surface area contributed by atoms with Gasteiger partial charge in [-0.05, 0) is 131 Å². The Hall–Kier alpha value is -6.50. The minimum Gasteiger partial charge on any atom is -0.0622 e. The average Bonchev–Trinajstić information content (AvgIpc) is 3.51. The number of rotatable bonds is 4. The van der Waals surface area contributed by atoms with Crippen LogP contribution in [0.3, 0.4) is 0 Å². The summed E-state index contributed by atoms with van der Waals surface area (Å²) in [6.45, 7) is 0. The molecule has 1 saturated carbocycles. The van der Waals surface area contributed by atoms with Crippen LogP contribution >= 0.6 is 0 Å². The molecule has 2 unspecified atom stereocenters. The highest BCUT2D eigenvalue weighted by molar-refractivity contribution is 6.00. The summed E-state index contributed by atoms with van der Waals surface area (Å²) in [5, 5.41) is 5.52. The fourth-order valence-electron chi connectivity index (χ4n) is 11.1. The number of hydrogen-bond donors (Lipinski definition) is 0. The molecule has 0 aliphatic heterocycles. The summed E-state index contributed by atoms with van der Waals surface area (Å²) in [4.78, 5) is 0. The third-order valence-corrected chi connectivity index (χ3v) is 13.6. The molecule has 0 bridgehead atoms. The van der Waals surface area contributed by atoms with E-state index in [1.807, 2.05) is 0 Å². The molecule has 0 amide bonds. The molecule has 12 rings (SSSR count). The Labute approximate surface area is 328 Å². The Morgan fingerprint density at radius 1 is 0.375 bits per heavy atom. The van der Waals surface area contributed by atoms with Crippen molar-refractivity contribution < 1.29 is 0 Å². The van der Waals surface area contributed by atoms with Gasteiger partial charge in [0.15, 0.2) is 0 Å². The van der Waals surface area contributed by atoms with E-state index >= 15 is 0 Å². The van der Waals surface area contributed by atoms with Gasteiger partial charge in [-0.25, -0.2) is 0 Å². The molecule has 1 spiro atoms. The first-order valence-corrected chi connectivity index (χ1v) is 20.3. The normalized spacial score (nSPS) is 18.7. The third kappa shape index (κ3) is 4.42. The van der Waals surface area contributed by atoms with Gasteiger partial charge in [-0.1, -0.05) is 194 Å². The third-order valence-electron chi connectivity index (χ3n) is 13.6. The lowest BCUT2D eigenvalue weighted by Crippen LogP contribution is -2.30. The molecule has 1 fully saturated rings. The maximum Gasteiger partial charge on any atom is 0.0719 e. The van der Waals surface area contributed by atoms with Gasteiger partial charge in [0.1, 0.15) is 0 Å². The molecule has 0 N–H and O–H groups in total. The van der Waals surface area contributed by atoms with Crippen LogP contribution < -0.4 is 0 Å². The molecule has 3 aliphatic carbocycles. The summed E-state index contributed by atoms with van der Waals surface area (Å²) in [5.41, 5.74) is 19.0. The van der Waals surface area contributed by atoms with E-state index in [1.165, 1.54) is 101 Å². The van der Waals surface area contributed by atoms with Crippen molar-refractivity contribution in [1.82, 2.24) is 0 Å². The first-order chi connectivity index (χ1) is 27.8. The second-order valence-corrected chi connectivity index (χ2v) is 16.2. The number of benzene rings is 9. The lowest BCUT2D eigenvalue weighted by Gasteiger charge is -2.38. The molecule has 3 aliphatic rings. The van der Waals surface area contributed by atoms with Crippen LogP contribution in [0.15, 0.2) is 194 Å². The van der Waals surface area contributed by atoms with Gasteiger partial charge in [-0.15, -0.1) is 0 Å². The van der Waals surface area contributed by atoms with E-state index in [-0.39, 0.29) is 0 Å². The maximum atomic E-state index is 2.51. The van der Waals surface area contributed by atoms with Gasteiger partial charge < -0.3 is 0 Å². The van der Waals surface area contributed by atoms with Crippen LogP contribution in [-0.2, 0) is 11.8 Å². The molecule has 264 valence electrons. The molecule has 0 nitrogen and oxygen atoms in total. The average molecular weight is 713 g/mol. The molecule has 0 heterocycles. The number of hydrogen-bond acceptors (Lipinski definition) is 0. The molecule has 9 aromatic carbocycles. The monoisotopic (exact) mass is 712 g/mol. The van der Waals surface area contributed by atoms with E-state index in [0.29, 0.717) is 11.8 Å². The van der Waals surface area contributed by atoms with Gasteiger partial charge in [-0.3, -0.25) is 0 Å². The highest BCUT2D eigenvalue weighted by Gasteiger charge is 2.54. The summed E-state index contributed by atoms with van der Waals surface area (Å²) >= 11 is 0. The lowest BCUT2D eigenvalue weighted by molar-refractivity contribution is 0.351. The van der Waals surface area contributed by atoms with Crippen LogP contribution in [0.2, 0.25) is 0 Å². The minimum absolute atomic E-state index is 0.445. The van der Waals surface area contributed by atoms with E-state index in [1.54, 1.807) is 11.1 Å². The quantitative estimate of drug-likeness (QED) is 0.170. The Balaban J connectivity index is 1.09. The fourth-order valence-corrected chi connectivity index (χ4v) is 11.1. The predicted molar refractivity (Wildman–Crippen MR) is 234 cm³/mol. The second-order valence-electron chi connectivity index (χ2n) is 16.2. The van der Waals surface area contributed by atoms with Crippen molar-refractivity contribution in [3.63, 3.8) is 0 Å². The van der Waals surface area contributed by atoms with Crippen molar-refractivity contribution in [2.75, 3.05) is 0 Å². The van der Waals surface area contributed by atoms with Crippen molar-refractivity contribution in [2.45, 2.75) is 36.5 Å². The molecule has 2 atom stereocenters. The topological polar surface area (TPSA) is 0 Å². The van der Waals surface area contributed by atoms with Gasteiger partial charge in [-0.2, -0.15) is 0 Å². The zero-order chi connectivity index (χ0) is 36.8. The van der Waals surface area contributed by atoms with Crippen LogP contribution in [0, 0.1) is 0 Å². The van der Waals surface area contributed by atoms with Crippen LogP contribution in [0.1, 0.15) is 69.2 Å². The Bertz CT molecular complexity index is 2910. The molecular weight excluding hydrogens is 673 g/mol. The molecule has 0 saturated heterocycles. The van der Waals surface area contributed by atoms with E-state index in [9.17, 15) is 0 Å². The lowest BCUT2D eigenvalue weighted by atomic mass is 9.65. The van der Waals surface area contributed by atoms with E-state index in [2.05, 4.69) is 194 Å². The summed E-state index contributed by atoms with van der Waals surface area (Å²) in [5.74, 6) is 0.970. The smallest absolute Gasteiger partial charge is 0.0622 e. The van der Waals surface area contributed by atoms with Crippen LogP contribution in [0.4, 0.5) is 0 Å². The second kappa shape index (κ2) is 12.3. The first kappa shape index (κ1) is 31.8. The molecule has 56 heavy (non-hydrogen) atoms. The summed E-state index contributed by atoms with van der Waals surface area (Å²) in [7, 11) is 0. The highest BCUT2D eigenvalue weighted by Crippen LogP contribution is 2.66. The molecule has 9 aromatic rings. The van der Waals surface area contributed by atoms with E-state index in [4.69, 9.17) is 0 Å². The summed E-state index contributed by atoms with van der Waals surface area (Å²) < 4.78 is 0. The first-order valence-electron chi connectivity index (χ1n) is 20.3. The molecule has 0 radical (unpaired) electrons. The largest absolute Gasteiger partial charge is 0.0719 e. The van der Waals surface area contributed by atoms with E-state index in [0.717, 1.165) is 6.42 Å². The van der Waals surface area contributed by atoms with Gasteiger partial charge >= 0.3 is 0 Å². The molecular formula is C56H40. The maximum absolute atomic E-state index is 2.51.